The highest BCUT2D eigenvalue weighted by atomic mass is 35.5. The zero-order chi connectivity index (χ0) is 22.1. The number of amides is 1. The van der Waals surface area contributed by atoms with Crippen LogP contribution in [0.15, 0.2) is 30.3 Å². The second kappa shape index (κ2) is 8.91. The predicted molar refractivity (Wildman–Crippen MR) is 115 cm³/mol. The van der Waals surface area contributed by atoms with Gasteiger partial charge in [0.1, 0.15) is 29.5 Å². The lowest BCUT2D eigenvalue weighted by molar-refractivity contribution is 0.0841. The smallest absolute Gasteiger partial charge is 0.266 e. The summed E-state index contributed by atoms with van der Waals surface area (Å²) in [5.41, 5.74) is 0.989. The Hall–Kier alpha value is -2.16. The van der Waals surface area contributed by atoms with Gasteiger partial charge in [-0.2, -0.15) is 0 Å². The van der Waals surface area contributed by atoms with Gasteiger partial charge in [0.2, 0.25) is 0 Å². The fourth-order valence-corrected chi connectivity index (χ4v) is 3.64. The standard InChI is InChI=1S/C21H24ClFN2O4S/c1-21(2)8-7-13-5-6-15(10-19(13)29-21)28-12-14-9-18(23)16(11-17(14)22)20(26)24-30(27)25(3)4/h5-6,9-11H,7-8,12H2,1-4H3,(H,24,26). The normalized spacial score (nSPS) is 15.8. The first-order chi connectivity index (χ1) is 14.1. The first kappa shape index (κ1) is 22.5. The summed E-state index contributed by atoms with van der Waals surface area (Å²) in [6, 6.07) is 7.96. The van der Waals surface area contributed by atoms with Crippen LogP contribution in [0.25, 0.3) is 0 Å². The van der Waals surface area contributed by atoms with E-state index >= 15 is 0 Å². The van der Waals surface area contributed by atoms with Gasteiger partial charge in [0.15, 0.2) is 11.2 Å². The molecule has 1 heterocycles. The van der Waals surface area contributed by atoms with Gasteiger partial charge in [0, 0.05) is 30.7 Å². The Morgan fingerprint density at radius 2 is 2.07 bits per heavy atom. The van der Waals surface area contributed by atoms with Gasteiger partial charge in [-0.25, -0.2) is 12.9 Å². The van der Waals surface area contributed by atoms with Crippen molar-refractivity contribution in [1.29, 1.82) is 0 Å². The fourth-order valence-electron chi connectivity index (χ4n) is 2.97. The van der Waals surface area contributed by atoms with E-state index in [2.05, 4.69) is 4.72 Å². The van der Waals surface area contributed by atoms with Crippen molar-refractivity contribution in [1.82, 2.24) is 9.03 Å². The molecular formula is C21H24ClFN2O4S. The van der Waals surface area contributed by atoms with Gasteiger partial charge in [0.25, 0.3) is 5.91 Å². The lowest BCUT2D eigenvalue weighted by Gasteiger charge is -2.32. The van der Waals surface area contributed by atoms with Crippen LogP contribution in [0.5, 0.6) is 11.5 Å². The Morgan fingerprint density at radius 3 is 2.77 bits per heavy atom. The number of carbonyl (C=O) groups excluding carboxylic acids is 1. The number of hydrogen-bond donors (Lipinski definition) is 1. The summed E-state index contributed by atoms with van der Waals surface area (Å²) in [5, 5.41) is 0.174. The summed E-state index contributed by atoms with van der Waals surface area (Å²) in [5.74, 6) is -0.238. The molecule has 0 bridgehead atoms. The molecule has 2 aromatic carbocycles. The molecule has 9 heteroatoms. The molecule has 0 saturated heterocycles. The molecule has 162 valence electrons. The van der Waals surface area contributed by atoms with Crippen LogP contribution in [0, 0.1) is 5.82 Å². The average molecular weight is 455 g/mol. The number of carbonyl (C=O) groups is 1. The quantitative estimate of drug-likeness (QED) is 0.715. The van der Waals surface area contributed by atoms with E-state index in [0.29, 0.717) is 11.3 Å². The SMILES string of the molecule is CN(C)S(=O)NC(=O)c1cc(Cl)c(COc2ccc3c(c2)OC(C)(C)CC3)cc1F. The van der Waals surface area contributed by atoms with E-state index in [1.54, 1.807) is 0 Å². The van der Waals surface area contributed by atoms with Crippen molar-refractivity contribution < 1.29 is 22.9 Å². The van der Waals surface area contributed by atoms with E-state index in [1.165, 1.54) is 24.5 Å². The molecule has 1 aliphatic rings. The lowest BCUT2D eigenvalue weighted by atomic mass is 9.94. The molecule has 2 aromatic rings. The third-order valence-electron chi connectivity index (χ3n) is 4.71. The molecule has 1 amide bonds. The first-order valence-electron chi connectivity index (χ1n) is 9.38. The lowest BCUT2D eigenvalue weighted by Crippen LogP contribution is -2.34. The number of fused-ring (bicyclic) bond motifs is 1. The summed E-state index contributed by atoms with van der Waals surface area (Å²) in [6.07, 6.45) is 1.87. The highest BCUT2D eigenvalue weighted by molar-refractivity contribution is 7.81. The largest absolute Gasteiger partial charge is 0.489 e. The van der Waals surface area contributed by atoms with Crippen molar-refractivity contribution in [2.75, 3.05) is 14.1 Å². The molecule has 0 radical (unpaired) electrons. The van der Waals surface area contributed by atoms with Crippen molar-refractivity contribution in [2.24, 2.45) is 0 Å². The van der Waals surface area contributed by atoms with Crippen LogP contribution in [0.1, 0.15) is 41.8 Å². The van der Waals surface area contributed by atoms with E-state index in [0.717, 1.165) is 30.2 Å². The van der Waals surface area contributed by atoms with Crippen LogP contribution in [0.3, 0.4) is 0 Å². The van der Waals surface area contributed by atoms with Crippen molar-refractivity contribution in [3.05, 3.63) is 57.9 Å². The maximum atomic E-state index is 14.5. The van der Waals surface area contributed by atoms with Gasteiger partial charge in [-0.3, -0.25) is 9.52 Å². The number of nitrogens with zero attached hydrogens (tertiary/aromatic N) is 1. The minimum absolute atomic E-state index is 0.0173. The first-order valence-corrected chi connectivity index (χ1v) is 10.9. The number of halogens is 2. The Balaban J connectivity index is 1.71. The van der Waals surface area contributed by atoms with Gasteiger partial charge in [-0.15, -0.1) is 0 Å². The molecule has 1 atom stereocenters. The minimum Gasteiger partial charge on any atom is -0.489 e. The average Bonchev–Trinajstić information content (AvgIpc) is 2.67. The molecule has 3 rings (SSSR count). The van der Waals surface area contributed by atoms with E-state index in [1.807, 2.05) is 32.0 Å². The van der Waals surface area contributed by atoms with E-state index in [4.69, 9.17) is 21.1 Å². The number of aryl methyl sites for hydroxylation is 1. The molecule has 1 aliphatic heterocycles. The topological polar surface area (TPSA) is 67.9 Å². The van der Waals surface area contributed by atoms with Crippen LogP contribution in [-0.2, 0) is 24.2 Å². The van der Waals surface area contributed by atoms with Crippen LogP contribution in [0.4, 0.5) is 4.39 Å². The summed E-state index contributed by atoms with van der Waals surface area (Å²) in [6.45, 7) is 4.10. The summed E-state index contributed by atoms with van der Waals surface area (Å²) < 4.78 is 41.4. The Bertz CT molecular complexity index is 997. The third-order valence-corrected chi connectivity index (χ3v) is 6.08. The van der Waals surface area contributed by atoms with E-state index < -0.39 is 22.9 Å². The number of benzene rings is 2. The maximum Gasteiger partial charge on any atom is 0.266 e. The molecule has 6 nitrogen and oxygen atoms in total. The molecule has 0 fully saturated rings. The van der Waals surface area contributed by atoms with Crippen molar-refractivity contribution in [3.8, 4) is 11.5 Å². The van der Waals surface area contributed by atoms with E-state index in [-0.39, 0.29) is 22.8 Å². The zero-order valence-electron chi connectivity index (χ0n) is 17.3. The second-order valence-electron chi connectivity index (χ2n) is 7.84. The van der Waals surface area contributed by atoms with Crippen LogP contribution in [-0.4, -0.2) is 34.1 Å². The van der Waals surface area contributed by atoms with Gasteiger partial charge >= 0.3 is 0 Å². The molecule has 1 N–H and O–H groups in total. The zero-order valence-corrected chi connectivity index (χ0v) is 18.8. The summed E-state index contributed by atoms with van der Waals surface area (Å²) in [4.78, 5) is 12.1. The van der Waals surface area contributed by atoms with Crippen molar-refractivity contribution >= 4 is 28.7 Å². The van der Waals surface area contributed by atoms with Crippen molar-refractivity contribution in [2.45, 2.75) is 38.9 Å². The number of rotatable bonds is 6. The third kappa shape index (κ3) is 5.30. The molecule has 1 unspecified atom stereocenters. The molecule has 0 saturated carbocycles. The minimum atomic E-state index is -1.77. The van der Waals surface area contributed by atoms with E-state index in [9.17, 15) is 13.4 Å². The Morgan fingerprint density at radius 1 is 1.33 bits per heavy atom. The van der Waals surface area contributed by atoms with Gasteiger partial charge in [-0.1, -0.05) is 17.7 Å². The number of ether oxygens (including phenoxy) is 2. The van der Waals surface area contributed by atoms with Gasteiger partial charge < -0.3 is 9.47 Å². The monoisotopic (exact) mass is 454 g/mol. The van der Waals surface area contributed by atoms with Crippen LogP contribution in [0.2, 0.25) is 5.02 Å². The molecular weight excluding hydrogens is 431 g/mol. The van der Waals surface area contributed by atoms with Gasteiger partial charge in [-0.05, 0) is 50.5 Å². The Labute approximate surface area is 183 Å². The fraction of sp³-hybridized carbons (Fsp3) is 0.381. The molecule has 0 spiro atoms. The highest BCUT2D eigenvalue weighted by Gasteiger charge is 2.26. The molecule has 30 heavy (non-hydrogen) atoms. The van der Waals surface area contributed by atoms with Crippen molar-refractivity contribution in [3.63, 3.8) is 0 Å². The predicted octanol–water partition coefficient (Wildman–Crippen LogP) is 4.03. The maximum absolute atomic E-state index is 14.5. The Kier molecular flexibility index (Phi) is 6.69. The second-order valence-corrected chi connectivity index (χ2v) is 9.68. The number of hydrogen-bond acceptors (Lipinski definition) is 4. The van der Waals surface area contributed by atoms with Gasteiger partial charge in [0.05, 0.1) is 5.56 Å². The van der Waals surface area contributed by atoms with Crippen LogP contribution >= 0.6 is 11.6 Å². The summed E-state index contributed by atoms with van der Waals surface area (Å²) >= 11 is 4.46. The highest BCUT2D eigenvalue weighted by Crippen LogP contribution is 2.35. The summed E-state index contributed by atoms with van der Waals surface area (Å²) in [7, 11) is 3.04. The number of nitrogens with one attached hydrogen (secondary N) is 1. The molecule has 0 aliphatic carbocycles. The van der Waals surface area contributed by atoms with Crippen LogP contribution < -0.4 is 14.2 Å². The molecule has 0 aromatic heterocycles.